The number of fused-ring (bicyclic) bond motifs is 1. The Morgan fingerprint density at radius 3 is 2.69 bits per heavy atom. The number of unbranched alkanes of at least 4 members (excludes halogenated alkanes) is 1. The summed E-state index contributed by atoms with van der Waals surface area (Å²) in [5.74, 6) is 0. The summed E-state index contributed by atoms with van der Waals surface area (Å²) >= 11 is 0. The summed E-state index contributed by atoms with van der Waals surface area (Å²) in [4.78, 5) is 0. The average molecular weight is 212 g/mol. The number of hydrogen-bond acceptors (Lipinski definition) is 1. The van der Waals surface area contributed by atoms with Gasteiger partial charge in [0.2, 0.25) is 0 Å². The zero-order valence-electron chi connectivity index (χ0n) is 9.26. The summed E-state index contributed by atoms with van der Waals surface area (Å²) in [6.07, 6.45) is 6.02. The van der Waals surface area contributed by atoms with Crippen molar-refractivity contribution in [1.29, 1.82) is 0 Å². The summed E-state index contributed by atoms with van der Waals surface area (Å²) < 4.78 is 0. The highest BCUT2D eigenvalue weighted by Crippen LogP contribution is 2.19. The molecule has 0 saturated heterocycles. The molecule has 0 aromatic heterocycles. The quantitative estimate of drug-likeness (QED) is 0.767. The largest absolute Gasteiger partial charge is 0.396 e. The molecule has 0 aliphatic heterocycles. The van der Waals surface area contributed by atoms with Crippen molar-refractivity contribution in [2.45, 2.75) is 12.8 Å². The molecule has 0 aliphatic carbocycles. The smallest absolute Gasteiger partial charge is 0.0433 e. The van der Waals surface area contributed by atoms with Crippen LogP contribution < -0.4 is 0 Å². The zero-order chi connectivity index (χ0) is 11.2. The van der Waals surface area contributed by atoms with Gasteiger partial charge >= 0.3 is 0 Å². The molecule has 2 aromatic carbocycles. The van der Waals surface area contributed by atoms with Gasteiger partial charge in [0.15, 0.2) is 0 Å². The molecule has 0 atom stereocenters. The van der Waals surface area contributed by atoms with Crippen molar-refractivity contribution in [2.24, 2.45) is 0 Å². The van der Waals surface area contributed by atoms with E-state index in [1.54, 1.807) is 0 Å². The van der Waals surface area contributed by atoms with Crippen LogP contribution in [0.5, 0.6) is 0 Å². The number of aliphatic hydroxyl groups is 1. The van der Waals surface area contributed by atoms with Gasteiger partial charge in [0.25, 0.3) is 0 Å². The molecule has 2 aromatic rings. The number of allylic oxidation sites excluding steroid dienone is 1. The van der Waals surface area contributed by atoms with Gasteiger partial charge in [-0.1, -0.05) is 54.6 Å². The topological polar surface area (TPSA) is 20.2 Å². The van der Waals surface area contributed by atoms with Crippen LogP contribution in [0.15, 0.2) is 48.5 Å². The molecule has 2 rings (SSSR count). The second-order valence-electron chi connectivity index (χ2n) is 3.84. The minimum Gasteiger partial charge on any atom is -0.396 e. The first kappa shape index (κ1) is 10.9. The summed E-state index contributed by atoms with van der Waals surface area (Å²) in [5, 5.41) is 11.3. The van der Waals surface area contributed by atoms with E-state index in [-0.39, 0.29) is 6.61 Å². The molecule has 0 saturated carbocycles. The van der Waals surface area contributed by atoms with Crippen LogP contribution in [-0.2, 0) is 0 Å². The second-order valence-corrected chi connectivity index (χ2v) is 3.84. The molecule has 0 heterocycles. The molecule has 0 spiro atoms. The van der Waals surface area contributed by atoms with Gasteiger partial charge in [0.05, 0.1) is 0 Å². The molecule has 16 heavy (non-hydrogen) atoms. The summed E-state index contributed by atoms with van der Waals surface area (Å²) in [5.41, 5.74) is 1.25. The fourth-order valence-corrected chi connectivity index (χ4v) is 1.82. The number of hydrogen-bond donors (Lipinski definition) is 1. The normalized spacial score (nSPS) is 11.3. The minimum atomic E-state index is 0.264. The fourth-order valence-electron chi connectivity index (χ4n) is 1.82. The van der Waals surface area contributed by atoms with Crippen molar-refractivity contribution in [1.82, 2.24) is 0 Å². The Kier molecular flexibility index (Phi) is 3.73. The average Bonchev–Trinajstić information content (AvgIpc) is 2.35. The summed E-state index contributed by atoms with van der Waals surface area (Å²) in [6, 6.07) is 14.7. The zero-order valence-corrected chi connectivity index (χ0v) is 9.26. The van der Waals surface area contributed by atoms with E-state index in [0.717, 1.165) is 12.8 Å². The van der Waals surface area contributed by atoms with E-state index in [0.29, 0.717) is 0 Å². The lowest BCUT2D eigenvalue weighted by Crippen LogP contribution is -1.80. The summed E-state index contributed by atoms with van der Waals surface area (Å²) in [6.45, 7) is 0.264. The Morgan fingerprint density at radius 1 is 1.00 bits per heavy atom. The van der Waals surface area contributed by atoms with E-state index < -0.39 is 0 Å². The van der Waals surface area contributed by atoms with Gasteiger partial charge < -0.3 is 5.11 Å². The van der Waals surface area contributed by atoms with E-state index in [2.05, 4.69) is 54.6 Å². The molecule has 0 radical (unpaired) electrons. The van der Waals surface area contributed by atoms with Crippen molar-refractivity contribution >= 4 is 16.8 Å². The van der Waals surface area contributed by atoms with Crippen LogP contribution in [0, 0.1) is 0 Å². The van der Waals surface area contributed by atoms with Crippen molar-refractivity contribution in [2.75, 3.05) is 6.61 Å². The van der Waals surface area contributed by atoms with Gasteiger partial charge in [0, 0.05) is 6.61 Å². The Morgan fingerprint density at radius 2 is 1.81 bits per heavy atom. The predicted octanol–water partition coefficient (Wildman–Crippen LogP) is 3.63. The Hall–Kier alpha value is -1.60. The van der Waals surface area contributed by atoms with E-state index >= 15 is 0 Å². The second kappa shape index (κ2) is 5.47. The molecule has 1 nitrogen and oxygen atoms in total. The third-order valence-corrected chi connectivity index (χ3v) is 2.65. The van der Waals surface area contributed by atoms with Crippen molar-refractivity contribution < 1.29 is 5.11 Å². The van der Waals surface area contributed by atoms with Crippen molar-refractivity contribution in [3.8, 4) is 0 Å². The molecular weight excluding hydrogens is 196 g/mol. The highest BCUT2D eigenvalue weighted by Gasteiger charge is 1.95. The molecule has 0 amide bonds. The highest BCUT2D eigenvalue weighted by atomic mass is 16.2. The minimum absolute atomic E-state index is 0.264. The highest BCUT2D eigenvalue weighted by molar-refractivity contribution is 5.90. The lowest BCUT2D eigenvalue weighted by molar-refractivity contribution is 0.290. The van der Waals surface area contributed by atoms with Crippen LogP contribution in [0.2, 0.25) is 0 Å². The number of rotatable bonds is 4. The van der Waals surface area contributed by atoms with E-state index in [1.165, 1.54) is 16.3 Å². The van der Waals surface area contributed by atoms with Gasteiger partial charge in [-0.2, -0.15) is 0 Å². The van der Waals surface area contributed by atoms with Crippen LogP contribution in [0.25, 0.3) is 16.8 Å². The molecule has 0 unspecified atom stereocenters. The van der Waals surface area contributed by atoms with Crippen LogP contribution in [0.1, 0.15) is 18.4 Å². The van der Waals surface area contributed by atoms with Gasteiger partial charge in [-0.3, -0.25) is 0 Å². The van der Waals surface area contributed by atoms with E-state index in [1.807, 2.05) is 0 Å². The van der Waals surface area contributed by atoms with E-state index in [4.69, 9.17) is 5.11 Å². The van der Waals surface area contributed by atoms with Crippen LogP contribution in [0.3, 0.4) is 0 Å². The summed E-state index contributed by atoms with van der Waals surface area (Å²) in [7, 11) is 0. The maximum absolute atomic E-state index is 8.70. The molecule has 1 heteroatoms. The Labute approximate surface area is 96.0 Å². The van der Waals surface area contributed by atoms with Crippen LogP contribution in [0.4, 0.5) is 0 Å². The first-order valence-corrected chi connectivity index (χ1v) is 5.67. The third kappa shape index (κ3) is 2.50. The standard InChI is InChI=1S/C15H16O/c16-12-5-1-2-7-13-9-6-10-14-8-3-4-11-15(13)14/h2-4,6-11,16H,1,5,12H2/b7-2+. The van der Waals surface area contributed by atoms with Gasteiger partial charge in [-0.05, 0) is 29.2 Å². The number of aliphatic hydroxyl groups excluding tert-OH is 1. The van der Waals surface area contributed by atoms with E-state index in [9.17, 15) is 0 Å². The van der Waals surface area contributed by atoms with Crippen molar-refractivity contribution in [3.63, 3.8) is 0 Å². The first-order valence-electron chi connectivity index (χ1n) is 5.67. The van der Waals surface area contributed by atoms with Crippen molar-refractivity contribution in [3.05, 3.63) is 54.1 Å². The first-order chi connectivity index (χ1) is 7.92. The number of benzene rings is 2. The third-order valence-electron chi connectivity index (χ3n) is 2.65. The molecule has 82 valence electrons. The monoisotopic (exact) mass is 212 g/mol. The SMILES string of the molecule is OCCC/C=C/c1cccc2ccccc12. The Balaban J connectivity index is 2.27. The molecule has 0 aliphatic rings. The van der Waals surface area contributed by atoms with Crippen LogP contribution in [-0.4, -0.2) is 11.7 Å². The lowest BCUT2D eigenvalue weighted by Gasteiger charge is -2.01. The Bertz CT molecular complexity index is 480. The lowest BCUT2D eigenvalue weighted by atomic mass is 10.0. The van der Waals surface area contributed by atoms with Gasteiger partial charge in [-0.15, -0.1) is 0 Å². The maximum atomic E-state index is 8.70. The maximum Gasteiger partial charge on any atom is 0.0433 e. The predicted molar refractivity (Wildman–Crippen MR) is 69.3 cm³/mol. The molecule has 1 N–H and O–H groups in total. The fraction of sp³-hybridized carbons (Fsp3) is 0.200. The van der Waals surface area contributed by atoms with Gasteiger partial charge in [0.1, 0.15) is 0 Å². The van der Waals surface area contributed by atoms with Crippen LogP contribution >= 0.6 is 0 Å². The van der Waals surface area contributed by atoms with Gasteiger partial charge in [-0.25, -0.2) is 0 Å². The molecule has 0 fully saturated rings. The molecular formula is C15H16O. The molecule has 0 bridgehead atoms.